The minimum absolute atomic E-state index is 0.0310. The molecule has 25 heavy (non-hydrogen) atoms. The Hall–Kier alpha value is -2.13. The number of methoxy groups -OCH3 is 1. The van der Waals surface area contributed by atoms with Gasteiger partial charge in [0.2, 0.25) is 21.8 Å². The number of amides is 2. The van der Waals surface area contributed by atoms with Gasteiger partial charge in [0.15, 0.2) is 0 Å². The highest BCUT2D eigenvalue weighted by Gasteiger charge is 2.21. The SMILES string of the molecule is COc1ccc(NC(=O)CNC(=O)C2CCCCC2)cc1S(N)(=O)=O. The smallest absolute Gasteiger partial charge is 0.243 e. The maximum Gasteiger partial charge on any atom is 0.243 e. The quantitative estimate of drug-likeness (QED) is 0.689. The number of nitrogens with two attached hydrogens (primary N) is 1. The zero-order valence-electron chi connectivity index (χ0n) is 14.1. The van der Waals surface area contributed by atoms with Gasteiger partial charge in [-0.3, -0.25) is 9.59 Å². The van der Waals surface area contributed by atoms with Crippen LogP contribution < -0.4 is 20.5 Å². The van der Waals surface area contributed by atoms with E-state index in [4.69, 9.17) is 9.88 Å². The van der Waals surface area contributed by atoms with E-state index in [1.807, 2.05) is 0 Å². The highest BCUT2D eigenvalue weighted by Crippen LogP contribution is 2.26. The lowest BCUT2D eigenvalue weighted by Crippen LogP contribution is -2.37. The minimum Gasteiger partial charge on any atom is -0.495 e. The van der Waals surface area contributed by atoms with Crippen LogP contribution in [0.15, 0.2) is 23.1 Å². The summed E-state index contributed by atoms with van der Waals surface area (Å²) in [5, 5.41) is 10.3. The van der Waals surface area contributed by atoms with E-state index in [0.717, 1.165) is 32.1 Å². The first-order valence-electron chi connectivity index (χ1n) is 8.09. The monoisotopic (exact) mass is 369 g/mol. The Morgan fingerprint density at radius 1 is 1.24 bits per heavy atom. The Morgan fingerprint density at radius 2 is 1.92 bits per heavy atom. The molecule has 0 bridgehead atoms. The standard InChI is InChI=1S/C16H23N3O5S/c1-24-13-8-7-12(9-14(13)25(17,22)23)19-15(20)10-18-16(21)11-5-3-2-4-6-11/h7-9,11H,2-6,10H2,1H3,(H,18,21)(H,19,20)(H2,17,22,23). The Labute approximate surface area is 147 Å². The summed E-state index contributed by atoms with van der Waals surface area (Å²) in [4.78, 5) is 23.8. The lowest BCUT2D eigenvalue weighted by molar-refractivity contribution is -0.128. The lowest BCUT2D eigenvalue weighted by Gasteiger charge is -2.20. The van der Waals surface area contributed by atoms with E-state index in [9.17, 15) is 18.0 Å². The first kappa shape index (κ1) is 19.2. The van der Waals surface area contributed by atoms with E-state index in [2.05, 4.69) is 10.6 Å². The molecule has 8 nitrogen and oxygen atoms in total. The van der Waals surface area contributed by atoms with E-state index < -0.39 is 15.9 Å². The van der Waals surface area contributed by atoms with E-state index in [-0.39, 0.29) is 34.7 Å². The summed E-state index contributed by atoms with van der Waals surface area (Å²) in [5.74, 6) is -0.507. The van der Waals surface area contributed by atoms with Crippen molar-refractivity contribution in [3.63, 3.8) is 0 Å². The maximum absolute atomic E-state index is 12.0. The van der Waals surface area contributed by atoms with Crippen LogP contribution in [0.25, 0.3) is 0 Å². The van der Waals surface area contributed by atoms with Gasteiger partial charge in [0, 0.05) is 11.6 Å². The van der Waals surface area contributed by atoms with Crippen molar-refractivity contribution < 1.29 is 22.7 Å². The molecule has 0 unspecified atom stereocenters. The summed E-state index contributed by atoms with van der Waals surface area (Å²) < 4.78 is 28.1. The van der Waals surface area contributed by atoms with Crippen LogP contribution in [0, 0.1) is 5.92 Å². The third kappa shape index (κ3) is 5.43. The normalized spacial score (nSPS) is 15.4. The van der Waals surface area contributed by atoms with Crippen LogP contribution in [0.3, 0.4) is 0 Å². The largest absolute Gasteiger partial charge is 0.495 e. The minimum atomic E-state index is -3.99. The van der Waals surface area contributed by atoms with Gasteiger partial charge in [-0.05, 0) is 31.0 Å². The number of carbonyl (C=O) groups excluding carboxylic acids is 2. The molecule has 138 valence electrons. The summed E-state index contributed by atoms with van der Waals surface area (Å²) in [6.45, 7) is -0.175. The van der Waals surface area contributed by atoms with Crippen molar-refractivity contribution in [3.05, 3.63) is 18.2 Å². The van der Waals surface area contributed by atoms with Crippen LogP contribution in [0.5, 0.6) is 5.75 Å². The number of anilines is 1. The van der Waals surface area contributed by atoms with Crippen LogP contribution in [0.4, 0.5) is 5.69 Å². The molecule has 1 aliphatic rings. The number of primary sulfonamides is 1. The molecular formula is C16H23N3O5S. The average molecular weight is 369 g/mol. The van der Waals surface area contributed by atoms with Gasteiger partial charge in [-0.15, -0.1) is 0 Å². The molecule has 0 spiro atoms. The topological polar surface area (TPSA) is 128 Å². The van der Waals surface area contributed by atoms with Crippen LogP contribution in [0.1, 0.15) is 32.1 Å². The van der Waals surface area contributed by atoms with Crippen molar-refractivity contribution in [1.82, 2.24) is 5.32 Å². The maximum atomic E-state index is 12.0. The zero-order valence-corrected chi connectivity index (χ0v) is 14.9. The molecule has 0 aromatic heterocycles. The Bertz CT molecular complexity index is 742. The number of nitrogens with one attached hydrogen (secondary N) is 2. The third-order valence-corrected chi connectivity index (χ3v) is 5.09. The second-order valence-electron chi connectivity index (χ2n) is 6.01. The van der Waals surface area contributed by atoms with Crippen molar-refractivity contribution in [2.75, 3.05) is 19.0 Å². The molecule has 1 saturated carbocycles. The first-order chi connectivity index (χ1) is 11.8. The molecule has 1 aromatic carbocycles. The number of rotatable bonds is 6. The van der Waals surface area contributed by atoms with Crippen LogP contribution >= 0.6 is 0 Å². The van der Waals surface area contributed by atoms with Crippen molar-refractivity contribution in [2.45, 2.75) is 37.0 Å². The molecule has 2 rings (SSSR count). The summed E-state index contributed by atoms with van der Waals surface area (Å²) in [5.41, 5.74) is 0.252. The van der Waals surface area contributed by atoms with Gasteiger partial charge in [0.1, 0.15) is 10.6 Å². The highest BCUT2D eigenvalue weighted by molar-refractivity contribution is 7.89. The van der Waals surface area contributed by atoms with Gasteiger partial charge in [-0.25, -0.2) is 13.6 Å². The van der Waals surface area contributed by atoms with Crippen LogP contribution in [-0.4, -0.2) is 33.9 Å². The number of hydrogen-bond donors (Lipinski definition) is 3. The van der Waals surface area contributed by atoms with Crippen molar-refractivity contribution in [2.24, 2.45) is 11.1 Å². The summed E-state index contributed by atoms with van der Waals surface area (Å²) in [6.07, 6.45) is 4.92. The number of ether oxygens (including phenoxy) is 1. The van der Waals surface area contributed by atoms with Gasteiger partial charge < -0.3 is 15.4 Å². The molecular weight excluding hydrogens is 346 g/mol. The molecule has 1 fully saturated rings. The third-order valence-electron chi connectivity index (χ3n) is 4.15. The predicted molar refractivity (Wildman–Crippen MR) is 92.6 cm³/mol. The van der Waals surface area contributed by atoms with E-state index in [0.29, 0.717) is 0 Å². The van der Waals surface area contributed by atoms with Gasteiger partial charge in [-0.2, -0.15) is 0 Å². The van der Waals surface area contributed by atoms with E-state index in [1.54, 1.807) is 0 Å². The molecule has 0 heterocycles. The molecule has 4 N–H and O–H groups in total. The summed E-state index contributed by atoms with van der Waals surface area (Å²) in [7, 11) is -2.67. The number of hydrogen-bond acceptors (Lipinski definition) is 5. The molecule has 0 aliphatic heterocycles. The van der Waals surface area contributed by atoms with Crippen molar-refractivity contribution >= 4 is 27.5 Å². The lowest BCUT2D eigenvalue weighted by atomic mass is 9.89. The number of sulfonamides is 1. The first-order valence-corrected chi connectivity index (χ1v) is 9.64. The summed E-state index contributed by atoms with van der Waals surface area (Å²) >= 11 is 0. The molecule has 0 radical (unpaired) electrons. The molecule has 1 aromatic rings. The van der Waals surface area contributed by atoms with E-state index >= 15 is 0 Å². The van der Waals surface area contributed by atoms with Crippen molar-refractivity contribution in [3.8, 4) is 5.75 Å². The zero-order chi connectivity index (χ0) is 18.4. The molecule has 0 saturated heterocycles. The van der Waals surface area contributed by atoms with Gasteiger partial charge in [0.25, 0.3) is 0 Å². The molecule has 9 heteroatoms. The fraction of sp³-hybridized carbons (Fsp3) is 0.500. The Kier molecular flexibility index (Phi) is 6.38. The second kappa shape index (κ2) is 8.30. The molecule has 2 amide bonds. The average Bonchev–Trinajstić information content (AvgIpc) is 2.59. The Balaban J connectivity index is 1.95. The van der Waals surface area contributed by atoms with Gasteiger partial charge in [-0.1, -0.05) is 19.3 Å². The molecule has 1 aliphatic carbocycles. The predicted octanol–water partition coefficient (Wildman–Crippen LogP) is 0.978. The van der Waals surface area contributed by atoms with Gasteiger partial charge in [0.05, 0.1) is 13.7 Å². The number of carbonyl (C=O) groups is 2. The molecule has 0 atom stereocenters. The fourth-order valence-electron chi connectivity index (χ4n) is 2.86. The van der Waals surface area contributed by atoms with Crippen LogP contribution in [-0.2, 0) is 19.6 Å². The van der Waals surface area contributed by atoms with Crippen LogP contribution in [0.2, 0.25) is 0 Å². The van der Waals surface area contributed by atoms with E-state index in [1.165, 1.54) is 25.3 Å². The Morgan fingerprint density at radius 3 is 2.52 bits per heavy atom. The summed E-state index contributed by atoms with van der Waals surface area (Å²) in [6, 6.07) is 4.11. The fourth-order valence-corrected chi connectivity index (χ4v) is 3.58. The van der Waals surface area contributed by atoms with Gasteiger partial charge >= 0.3 is 0 Å². The van der Waals surface area contributed by atoms with Crippen molar-refractivity contribution in [1.29, 1.82) is 0 Å². The second-order valence-corrected chi connectivity index (χ2v) is 7.54. The number of benzene rings is 1. The highest BCUT2D eigenvalue weighted by atomic mass is 32.2.